The molecule has 1 rings (SSSR count). The Morgan fingerprint density at radius 3 is 3.07 bits per heavy atom. The van der Waals surface area contributed by atoms with E-state index >= 15 is 0 Å². The largest absolute Gasteiger partial charge is 0.330 e. The number of aromatic nitrogens is 2. The third kappa shape index (κ3) is 3.36. The van der Waals surface area contributed by atoms with E-state index in [4.69, 9.17) is 5.73 Å². The number of carbonyl (C=O) groups excluding carboxylic acids is 1. The molecule has 1 amide bonds. The molecule has 0 spiro atoms. The number of rotatable bonds is 5. The van der Waals surface area contributed by atoms with Crippen LogP contribution in [0.4, 0.5) is 5.82 Å². The molecule has 0 radical (unpaired) electrons. The van der Waals surface area contributed by atoms with Crippen molar-refractivity contribution in [3.8, 4) is 0 Å². The first-order valence-electron chi connectivity index (χ1n) is 5.19. The molecule has 5 nitrogen and oxygen atoms in total. The third-order valence-electron chi connectivity index (χ3n) is 2.30. The Hall–Kier alpha value is -1.36. The van der Waals surface area contributed by atoms with E-state index in [1.165, 1.54) is 0 Å². The Kier molecular flexibility index (Phi) is 4.30. The molecule has 1 unspecified atom stereocenters. The summed E-state index contributed by atoms with van der Waals surface area (Å²) in [7, 11) is 0. The van der Waals surface area contributed by atoms with Crippen LogP contribution in [0.5, 0.6) is 0 Å². The van der Waals surface area contributed by atoms with Gasteiger partial charge in [-0.25, -0.2) is 0 Å². The normalized spacial score (nSPS) is 12.5. The van der Waals surface area contributed by atoms with E-state index in [0.29, 0.717) is 18.8 Å². The lowest BCUT2D eigenvalue weighted by Gasteiger charge is -2.08. The molecule has 1 aromatic heterocycles. The average Bonchev–Trinajstić information content (AvgIpc) is 2.64. The lowest BCUT2D eigenvalue weighted by atomic mass is 10.1. The number of nitrogens with zero attached hydrogens (tertiary/aromatic N) is 1. The quantitative estimate of drug-likeness (QED) is 0.675. The number of aryl methyl sites for hydroxylation is 1. The lowest BCUT2D eigenvalue weighted by Crippen LogP contribution is -2.20. The van der Waals surface area contributed by atoms with Crippen molar-refractivity contribution in [2.24, 2.45) is 11.7 Å². The zero-order valence-corrected chi connectivity index (χ0v) is 9.21. The van der Waals surface area contributed by atoms with Crippen LogP contribution in [0.25, 0.3) is 0 Å². The van der Waals surface area contributed by atoms with Gasteiger partial charge in [0.15, 0.2) is 0 Å². The van der Waals surface area contributed by atoms with E-state index in [0.717, 1.165) is 12.0 Å². The number of anilines is 1. The van der Waals surface area contributed by atoms with E-state index < -0.39 is 0 Å². The van der Waals surface area contributed by atoms with Crippen LogP contribution in [0, 0.1) is 5.92 Å². The van der Waals surface area contributed by atoms with Gasteiger partial charge < -0.3 is 11.1 Å². The second-order valence-electron chi connectivity index (χ2n) is 3.72. The molecule has 0 aliphatic rings. The number of carbonyl (C=O) groups is 1. The molecule has 15 heavy (non-hydrogen) atoms. The van der Waals surface area contributed by atoms with Crippen LogP contribution in [0.1, 0.15) is 25.8 Å². The van der Waals surface area contributed by atoms with Gasteiger partial charge in [0.2, 0.25) is 5.91 Å². The van der Waals surface area contributed by atoms with E-state index in [1.54, 1.807) is 6.20 Å². The van der Waals surface area contributed by atoms with Crippen molar-refractivity contribution in [3.05, 3.63) is 11.8 Å². The van der Waals surface area contributed by atoms with Crippen LogP contribution < -0.4 is 11.1 Å². The van der Waals surface area contributed by atoms with E-state index in [9.17, 15) is 4.79 Å². The first-order chi connectivity index (χ1) is 7.17. The van der Waals surface area contributed by atoms with Crippen molar-refractivity contribution in [3.63, 3.8) is 0 Å². The number of amides is 1. The van der Waals surface area contributed by atoms with Crippen molar-refractivity contribution < 1.29 is 4.79 Å². The minimum Gasteiger partial charge on any atom is -0.330 e. The Morgan fingerprint density at radius 2 is 2.47 bits per heavy atom. The fraction of sp³-hybridized carbons (Fsp3) is 0.600. The van der Waals surface area contributed by atoms with Gasteiger partial charge in [-0.2, -0.15) is 5.10 Å². The Labute approximate surface area is 89.4 Å². The van der Waals surface area contributed by atoms with Crippen LogP contribution in [0.2, 0.25) is 0 Å². The summed E-state index contributed by atoms with van der Waals surface area (Å²) >= 11 is 0. The summed E-state index contributed by atoms with van der Waals surface area (Å²) in [4.78, 5) is 11.5. The molecule has 0 aromatic carbocycles. The summed E-state index contributed by atoms with van der Waals surface area (Å²) in [5.74, 6) is 0.886. The highest BCUT2D eigenvalue weighted by molar-refractivity contribution is 5.90. The molecule has 0 fully saturated rings. The molecule has 1 atom stereocenters. The zero-order valence-electron chi connectivity index (χ0n) is 9.21. The van der Waals surface area contributed by atoms with Crippen LogP contribution in [-0.2, 0) is 11.2 Å². The minimum absolute atomic E-state index is 0.0214. The maximum Gasteiger partial charge on any atom is 0.225 e. The number of aromatic amines is 1. The fourth-order valence-corrected chi connectivity index (χ4v) is 1.28. The SMILES string of the molecule is CCc1cn[nH]c1NC(=O)CC(C)CN. The van der Waals surface area contributed by atoms with Crippen molar-refractivity contribution >= 4 is 11.7 Å². The second kappa shape index (κ2) is 5.50. The Balaban J connectivity index is 2.51. The maximum atomic E-state index is 11.5. The fourth-order valence-electron chi connectivity index (χ4n) is 1.28. The average molecular weight is 210 g/mol. The highest BCUT2D eigenvalue weighted by atomic mass is 16.1. The van der Waals surface area contributed by atoms with Gasteiger partial charge in [-0.3, -0.25) is 9.89 Å². The molecule has 84 valence electrons. The molecule has 1 heterocycles. The van der Waals surface area contributed by atoms with Crippen LogP contribution in [-0.4, -0.2) is 22.6 Å². The smallest absolute Gasteiger partial charge is 0.225 e. The number of nitrogens with two attached hydrogens (primary N) is 1. The molecule has 0 bridgehead atoms. The summed E-state index contributed by atoms with van der Waals surface area (Å²) < 4.78 is 0. The monoisotopic (exact) mass is 210 g/mol. The summed E-state index contributed by atoms with van der Waals surface area (Å²) in [6.07, 6.45) is 3.01. The molecule has 0 aliphatic carbocycles. The van der Waals surface area contributed by atoms with E-state index in [1.807, 2.05) is 13.8 Å². The standard InChI is InChI=1S/C10H18N4O/c1-3-8-6-12-14-10(8)13-9(15)4-7(2)5-11/h6-7H,3-5,11H2,1-2H3,(H2,12,13,14,15). The number of hydrogen-bond acceptors (Lipinski definition) is 3. The van der Waals surface area contributed by atoms with Gasteiger partial charge in [0.1, 0.15) is 5.82 Å². The second-order valence-corrected chi connectivity index (χ2v) is 3.72. The van der Waals surface area contributed by atoms with E-state index in [-0.39, 0.29) is 11.8 Å². The van der Waals surface area contributed by atoms with Gasteiger partial charge in [0.25, 0.3) is 0 Å². The van der Waals surface area contributed by atoms with Crippen molar-refractivity contribution in [1.82, 2.24) is 10.2 Å². The Morgan fingerprint density at radius 1 is 1.73 bits per heavy atom. The number of nitrogens with one attached hydrogen (secondary N) is 2. The van der Waals surface area contributed by atoms with Crippen LogP contribution in [0.15, 0.2) is 6.20 Å². The highest BCUT2D eigenvalue weighted by Crippen LogP contribution is 2.12. The first kappa shape index (κ1) is 11.7. The number of H-pyrrole nitrogens is 1. The predicted molar refractivity (Wildman–Crippen MR) is 59.4 cm³/mol. The van der Waals surface area contributed by atoms with Gasteiger partial charge in [-0.15, -0.1) is 0 Å². The van der Waals surface area contributed by atoms with Crippen molar-refractivity contribution in [1.29, 1.82) is 0 Å². The van der Waals surface area contributed by atoms with Gasteiger partial charge in [0.05, 0.1) is 6.20 Å². The topological polar surface area (TPSA) is 83.8 Å². The summed E-state index contributed by atoms with van der Waals surface area (Å²) in [5.41, 5.74) is 6.47. The summed E-state index contributed by atoms with van der Waals surface area (Å²) in [5, 5.41) is 9.44. The molecule has 5 heteroatoms. The molecular formula is C10H18N4O. The van der Waals surface area contributed by atoms with Gasteiger partial charge in [-0.1, -0.05) is 13.8 Å². The summed E-state index contributed by atoms with van der Waals surface area (Å²) in [6, 6.07) is 0. The molecule has 0 aliphatic heterocycles. The van der Waals surface area contributed by atoms with Gasteiger partial charge in [-0.05, 0) is 18.9 Å². The van der Waals surface area contributed by atoms with Gasteiger partial charge >= 0.3 is 0 Å². The maximum absolute atomic E-state index is 11.5. The predicted octanol–water partition coefficient (Wildman–Crippen LogP) is 0.895. The molecular weight excluding hydrogens is 192 g/mol. The third-order valence-corrected chi connectivity index (χ3v) is 2.30. The zero-order chi connectivity index (χ0) is 11.3. The highest BCUT2D eigenvalue weighted by Gasteiger charge is 2.10. The Bertz CT molecular complexity index is 321. The van der Waals surface area contributed by atoms with Gasteiger partial charge in [0, 0.05) is 12.0 Å². The van der Waals surface area contributed by atoms with Crippen molar-refractivity contribution in [2.75, 3.05) is 11.9 Å². The van der Waals surface area contributed by atoms with E-state index in [2.05, 4.69) is 15.5 Å². The van der Waals surface area contributed by atoms with Crippen LogP contribution in [0.3, 0.4) is 0 Å². The molecule has 4 N–H and O–H groups in total. The first-order valence-corrected chi connectivity index (χ1v) is 5.19. The van der Waals surface area contributed by atoms with Crippen molar-refractivity contribution in [2.45, 2.75) is 26.7 Å². The molecule has 0 saturated heterocycles. The molecule has 0 saturated carbocycles. The summed E-state index contributed by atoms with van der Waals surface area (Å²) in [6.45, 7) is 4.49. The molecule has 1 aromatic rings. The lowest BCUT2D eigenvalue weighted by molar-refractivity contribution is -0.116. The minimum atomic E-state index is -0.0214. The number of hydrogen-bond donors (Lipinski definition) is 3. The van der Waals surface area contributed by atoms with Crippen LogP contribution >= 0.6 is 0 Å².